The zero-order valence-electron chi connectivity index (χ0n) is 7.61. The van der Waals surface area contributed by atoms with Crippen LogP contribution in [0, 0.1) is 0 Å². The van der Waals surface area contributed by atoms with Gasteiger partial charge in [-0.15, -0.1) is 0 Å². The zero-order valence-corrected chi connectivity index (χ0v) is 7.61. The number of aromatic nitrogens is 1. The molecule has 0 saturated carbocycles. The molecular weight excluding hydrogens is 237 g/mol. The first-order chi connectivity index (χ1) is 7.27. The van der Waals surface area contributed by atoms with Gasteiger partial charge in [0.15, 0.2) is 0 Å². The first-order valence-electron chi connectivity index (χ1n) is 3.99. The predicted molar refractivity (Wildman–Crippen MR) is 42.9 cm³/mol. The average molecular weight is 243 g/mol. The molecule has 90 valence electrons. The Balaban J connectivity index is 3.47. The van der Waals surface area contributed by atoms with Crippen LogP contribution in [0.2, 0.25) is 0 Å². The number of pyridine rings is 1. The highest BCUT2D eigenvalue weighted by Crippen LogP contribution is 2.32. The Morgan fingerprint density at radius 1 is 1.38 bits per heavy atom. The maximum absolute atomic E-state index is 12.3. The summed E-state index contributed by atoms with van der Waals surface area (Å²) in [7, 11) is 0. The highest BCUT2D eigenvalue weighted by atomic mass is 19.4. The van der Waals surface area contributed by atoms with Gasteiger partial charge < -0.3 is 10.1 Å². The minimum Gasteiger partial charge on any atom is -0.390 e. The Kier molecular flexibility index (Phi) is 3.32. The number of aromatic amines is 1. The van der Waals surface area contributed by atoms with Crippen molar-refractivity contribution in [2.75, 3.05) is 0 Å². The van der Waals surface area contributed by atoms with E-state index in [0.717, 1.165) is 0 Å². The minimum atomic E-state index is -4.91. The summed E-state index contributed by atoms with van der Waals surface area (Å²) < 4.78 is 61.4. The Hall–Kier alpha value is -1.44. The maximum Gasteiger partial charge on any atom is 0.418 e. The molecule has 1 rings (SSSR count). The lowest BCUT2D eigenvalue weighted by Gasteiger charge is -2.12. The molecule has 1 aromatic heterocycles. The fourth-order valence-corrected chi connectivity index (χ4v) is 1.12. The highest BCUT2D eigenvalue weighted by molar-refractivity contribution is 5.28. The topological polar surface area (TPSA) is 53.1 Å². The van der Waals surface area contributed by atoms with E-state index in [0.29, 0.717) is 0 Å². The first kappa shape index (κ1) is 12.6. The number of hydrogen-bond acceptors (Lipinski definition) is 2. The minimum absolute atomic E-state index is 0.0506. The summed E-state index contributed by atoms with van der Waals surface area (Å²) in [5.74, 6) is 0. The quantitative estimate of drug-likeness (QED) is 0.778. The summed E-state index contributed by atoms with van der Waals surface area (Å²) in [4.78, 5) is 12.5. The van der Waals surface area contributed by atoms with Crippen molar-refractivity contribution in [3.63, 3.8) is 0 Å². The SMILES string of the molecule is O=c1[nH]c(CO)c(C(F)(F)F)cc1C(F)F. The van der Waals surface area contributed by atoms with Crippen molar-refractivity contribution in [3.05, 3.63) is 33.2 Å². The van der Waals surface area contributed by atoms with Gasteiger partial charge in [0.2, 0.25) is 0 Å². The third kappa shape index (κ3) is 2.38. The van der Waals surface area contributed by atoms with Gasteiger partial charge in [0.1, 0.15) is 0 Å². The van der Waals surface area contributed by atoms with E-state index in [1.807, 2.05) is 0 Å². The van der Waals surface area contributed by atoms with Crippen LogP contribution in [0.3, 0.4) is 0 Å². The van der Waals surface area contributed by atoms with Gasteiger partial charge in [-0.1, -0.05) is 0 Å². The molecule has 0 atom stereocenters. The van der Waals surface area contributed by atoms with Gasteiger partial charge in [0, 0.05) is 0 Å². The Morgan fingerprint density at radius 2 is 1.94 bits per heavy atom. The van der Waals surface area contributed by atoms with E-state index in [1.54, 1.807) is 4.98 Å². The molecule has 0 aromatic carbocycles. The largest absolute Gasteiger partial charge is 0.418 e. The van der Waals surface area contributed by atoms with Crippen molar-refractivity contribution in [2.45, 2.75) is 19.2 Å². The second-order valence-corrected chi connectivity index (χ2v) is 2.90. The summed E-state index contributed by atoms with van der Waals surface area (Å²) >= 11 is 0. The van der Waals surface area contributed by atoms with Crippen LogP contribution in [0.25, 0.3) is 0 Å². The zero-order chi connectivity index (χ0) is 12.5. The summed E-state index contributed by atoms with van der Waals surface area (Å²) in [6.07, 6.45) is -8.22. The molecule has 0 radical (unpaired) electrons. The van der Waals surface area contributed by atoms with Crippen LogP contribution in [-0.2, 0) is 12.8 Å². The molecule has 0 unspecified atom stereocenters. The van der Waals surface area contributed by atoms with Crippen LogP contribution in [0.15, 0.2) is 10.9 Å². The van der Waals surface area contributed by atoms with Crippen LogP contribution in [-0.4, -0.2) is 10.1 Å². The van der Waals surface area contributed by atoms with E-state index in [1.165, 1.54) is 0 Å². The van der Waals surface area contributed by atoms with Crippen molar-refractivity contribution in [1.82, 2.24) is 4.98 Å². The summed E-state index contributed by atoms with van der Waals surface area (Å²) in [6.45, 7) is -1.09. The predicted octanol–water partition coefficient (Wildman–Crippen LogP) is 1.82. The molecule has 0 aliphatic rings. The van der Waals surface area contributed by atoms with E-state index in [4.69, 9.17) is 5.11 Å². The number of nitrogens with one attached hydrogen (secondary N) is 1. The van der Waals surface area contributed by atoms with E-state index in [-0.39, 0.29) is 6.07 Å². The molecule has 1 heterocycles. The normalized spacial score (nSPS) is 12.2. The summed E-state index contributed by atoms with van der Waals surface area (Å²) in [5.41, 5.74) is -4.91. The second-order valence-electron chi connectivity index (χ2n) is 2.90. The number of H-pyrrole nitrogens is 1. The van der Waals surface area contributed by atoms with Gasteiger partial charge in [-0.3, -0.25) is 4.79 Å². The smallest absolute Gasteiger partial charge is 0.390 e. The number of halogens is 5. The molecule has 2 N–H and O–H groups in total. The second kappa shape index (κ2) is 4.20. The fourth-order valence-electron chi connectivity index (χ4n) is 1.12. The van der Waals surface area contributed by atoms with Gasteiger partial charge >= 0.3 is 6.18 Å². The van der Waals surface area contributed by atoms with Crippen LogP contribution in [0.4, 0.5) is 22.0 Å². The van der Waals surface area contributed by atoms with E-state index in [9.17, 15) is 26.7 Å². The molecule has 0 aliphatic heterocycles. The van der Waals surface area contributed by atoms with Gasteiger partial charge in [0.05, 0.1) is 23.4 Å². The molecule has 1 aromatic rings. The lowest BCUT2D eigenvalue weighted by molar-refractivity contribution is -0.139. The maximum atomic E-state index is 12.3. The molecule has 16 heavy (non-hydrogen) atoms. The van der Waals surface area contributed by atoms with E-state index >= 15 is 0 Å². The van der Waals surface area contributed by atoms with Gasteiger partial charge in [0.25, 0.3) is 12.0 Å². The number of hydrogen-bond donors (Lipinski definition) is 2. The summed E-state index contributed by atoms with van der Waals surface area (Å²) in [5, 5.41) is 8.58. The molecular formula is C8H6F5NO2. The average Bonchev–Trinajstić information content (AvgIpc) is 2.14. The monoisotopic (exact) mass is 243 g/mol. The summed E-state index contributed by atoms with van der Waals surface area (Å²) in [6, 6.07) is 0.0506. The van der Waals surface area contributed by atoms with Crippen LogP contribution < -0.4 is 5.56 Å². The van der Waals surface area contributed by atoms with Crippen molar-refractivity contribution in [3.8, 4) is 0 Å². The number of alkyl halides is 5. The molecule has 3 nitrogen and oxygen atoms in total. The van der Waals surface area contributed by atoms with Gasteiger partial charge in [-0.05, 0) is 6.07 Å². The van der Waals surface area contributed by atoms with Crippen molar-refractivity contribution in [1.29, 1.82) is 0 Å². The molecule has 0 amide bonds. The van der Waals surface area contributed by atoms with Crippen LogP contribution in [0.1, 0.15) is 23.2 Å². The molecule has 0 fully saturated rings. The van der Waals surface area contributed by atoms with Crippen LogP contribution in [0.5, 0.6) is 0 Å². The van der Waals surface area contributed by atoms with Crippen molar-refractivity contribution in [2.24, 2.45) is 0 Å². The first-order valence-corrected chi connectivity index (χ1v) is 3.99. The van der Waals surface area contributed by atoms with Gasteiger partial charge in [-0.2, -0.15) is 13.2 Å². The lowest BCUT2D eigenvalue weighted by atomic mass is 10.1. The molecule has 0 spiro atoms. The fraction of sp³-hybridized carbons (Fsp3) is 0.375. The van der Waals surface area contributed by atoms with Crippen molar-refractivity contribution >= 4 is 0 Å². The van der Waals surface area contributed by atoms with Gasteiger partial charge in [-0.25, -0.2) is 8.78 Å². The lowest BCUT2D eigenvalue weighted by Crippen LogP contribution is -2.21. The number of aliphatic hydroxyl groups is 1. The Morgan fingerprint density at radius 3 is 2.31 bits per heavy atom. The third-order valence-electron chi connectivity index (χ3n) is 1.85. The molecule has 0 saturated heterocycles. The number of rotatable bonds is 2. The molecule has 0 aliphatic carbocycles. The Bertz CT molecular complexity index is 437. The highest BCUT2D eigenvalue weighted by Gasteiger charge is 2.35. The van der Waals surface area contributed by atoms with E-state index in [2.05, 4.69) is 0 Å². The van der Waals surface area contributed by atoms with E-state index < -0.39 is 41.6 Å². The Labute approximate surface area is 85.5 Å². The third-order valence-corrected chi connectivity index (χ3v) is 1.85. The van der Waals surface area contributed by atoms with Crippen molar-refractivity contribution < 1.29 is 27.1 Å². The molecule has 8 heteroatoms. The number of aliphatic hydroxyl groups excluding tert-OH is 1. The molecule has 0 bridgehead atoms. The standard InChI is InChI=1S/C8H6F5NO2/c9-6(10)3-1-4(8(11,12)13)5(2-15)14-7(3)16/h1,6,15H,2H2,(H,14,16). The van der Waals surface area contributed by atoms with Crippen LogP contribution >= 0.6 is 0 Å².